The van der Waals surface area contributed by atoms with Crippen molar-refractivity contribution in [3.05, 3.63) is 69.4 Å². The van der Waals surface area contributed by atoms with Gasteiger partial charge in [0.1, 0.15) is 17.0 Å². The second-order valence-corrected chi connectivity index (χ2v) is 6.52. The third kappa shape index (κ3) is 2.79. The standard InChI is InChI=1S/C20H19N5O3/c1-11-8-21-15(12(2)17(11)28-3)10-22-19(26)14-9-23-25-16-7-5-4-6-13(16)20(27)24-18(14)25/h4-9H,10H2,1-3H3,(H,22,26)(H,24,27). The van der Waals surface area contributed by atoms with Crippen LogP contribution in [0.5, 0.6) is 5.75 Å². The van der Waals surface area contributed by atoms with E-state index in [0.29, 0.717) is 27.8 Å². The maximum absolute atomic E-state index is 12.7. The molecule has 0 saturated heterocycles. The number of benzene rings is 1. The normalized spacial score (nSPS) is 11.1. The predicted molar refractivity (Wildman–Crippen MR) is 105 cm³/mol. The van der Waals surface area contributed by atoms with E-state index in [1.54, 1.807) is 36.0 Å². The van der Waals surface area contributed by atoms with E-state index in [9.17, 15) is 9.59 Å². The third-order valence-electron chi connectivity index (χ3n) is 4.79. The van der Waals surface area contributed by atoms with E-state index in [0.717, 1.165) is 16.9 Å². The first kappa shape index (κ1) is 17.7. The molecule has 0 aliphatic carbocycles. The van der Waals surface area contributed by atoms with Gasteiger partial charge in [-0.2, -0.15) is 5.10 Å². The van der Waals surface area contributed by atoms with E-state index in [2.05, 4.69) is 20.4 Å². The Morgan fingerprint density at radius 3 is 2.82 bits per heavy atom. The topological polar surface area (TPSA) is 101 Å². The van der Waals surface area contributed by atoms with E-state index >= 15 is 0 Å². The molecule has 1 amide bonds. The Bertz CT molecular complexity index is 1270. The monoisotopic (exact) mass is 377 g/mol. The number of hydrogen-bond donors (Lipinski definition) is 2. The highest BCUT2D eigenvalue weighted by Crippen LogP contribution is 2.24. The van der Waals surface area contributed by atoms with Crippen molar-refractivity contribution < 1.29 is 9.53 Å². The number of para-hydroxylation sites is 1. The van der Waals surface area contributed by atoms with Gasteiger partial charge in [-0.25, -0.2) is 4.52 Å². The number of amides is 1. The molecule has 142 valence electrons. The minimum absolute atomic E-state index is 0.233. The van der Waals surface area contributed by atoms with Gasteiger partial charge in [-0.3, -0.25) is 14.6 Å². The van der Waals surface area contributed by atoms with Crippen molar-refractivity contribution in [2.45, 2.75) is 20.4 Å². The van der Waals surface area contributed by atoms with Gasteiger partial charge in [0.25, 0.3) is 11.5 Å². The quantitative estimate of drug-likeness (QED) is 0.567. The number of carbonyl (C=O) groups is 1. The fourth-order valence-corrected chi connectivity index (χ4v) is 3.35. The summed E-state index contributed by atoms with van der Waals surface area (Å²) in [5.74, 6) is 0.410. The number of hydrogen-bond acceptors (Lipinski definition) is 5. The Morgan fingerprint density at radius 1 is 1.25 bits per heavy atom. The van der Waals surface area contributed by atoms with Gasteiger partial charge in [0.05, 0.1) is 36.4 Å². The Kier molecular flexibility index (Phi) is 4.31. The van der Waals surface area contributed by atoms with Gasteiger partial charge in [0.15, 0.2) is 0 Å². The number of pyridine rings is 1. The molecule has 0 spiro atoms. The molecule has 0 aliphatic heterocycles. The summed E-state index contributed by atoms with van der Waals surface area (Å²) in [6, 6.07) is 7.11. The second-order valence-electron chi connectivity index (χ2n) is 6.52. The van der Waals surface area contributed by atoms with Crippen LogP contribution in [-0.4, -0.2) is 32.6 Å². The first-order chi connectivity index (χ1) is 13.5. The average molecular weight is 377 g/mol. The number of aromatic nitrogens is 4. The van der Waals surface area contributed by atoms with Gasteiger partial charge in [0, 0.05) is 17.3 Å². The largest absolute Gasteiger partial charge is 0.496 e. The minimum atomic E-state index is -0.346. The fourth-order valence-electron chi connectivity index (χ4n) is 3.35. The van der Waals surface area contributed by atoms with Crippen molar-refractivity contribution >= 4 is 22.5 Å². The lowest BCUT2D eigenvalue weighted by molar-refractivity contribution is 0.0951. The molecule has 0 fully saturated rings. The number of H-pyrrole nitrogens is 1. The first-order valence-corrected chi connectivity index (χ1v) is 8.77. The molecule has 4 aromatic rings. The summed E-state index contributed by atoms with van der Waals surface area (Å²) < 4.78 is 6.96. The predicted octanol–water partition coefficient (Wildman–Crippen LogP) is 2.13. The van der Waals surface area contributed by atoms with Crippen LogP contribution >= 0.6 is 0 Å². The van der Waals surface area contributed by atoms with Crippen LogP contribution < -0.4 is 15.6 Å². The number of aromatic amines is 1. The molecule has 0 atom stereocenters. The molecule has 0 bridgehead atoms. The van der Waals surface area contributed by atoms with E-state index in [1.807, 2.05) is 19.9 Å². The zero-order valence-electron chi connectivity index (χ0n) is 15.7. The number of rotatable bonds is 4. The Hall–Kier alpha value is -3.68. The van der Waals surface area contributed by atoms with Crippen LogP contribution in [0.4, 0.5) is 0 Å². The average Bonchev–Trinajstić information content (AvgIpc) is 3.12. The van der Waals surface area contributed by atoms with Crippen LogP contribution in [0.15, 0.2) is 41.5 Å². The Labute approximate surface area is 160 Å². The second kappa shape index (κ2) is 6.80. The van der Waals surface area contributed by atoms with Gasteiger partial charge >= 0.3 is 0 Å². The van der Waals surface area contributed by atoms with Gasteiger partial charge in [-0.05, 0) is 26.0 Å². The smallest absolute Gasteiger partial charge is 0.259 e. The third-order valence-corrected chi connectivity index (χ3v) is 4.79. The van der Waals surface area contributed by atoms with Crippen molar-refractivity contribution in [3.63, 3.8) is 0 Å². The molecule has 3 aromatic heterocycles. The molecular weight excluding hydrogens is 358 g/mol. The van der Waals surface area contributed by atoms with Crippen molar-refractivity contribution in [2.75, 3.05) is 7.11 Å². The van der Waals surface area contributed by atoms with Crippen molar-refractivity contribution in [3.8, 4) is 5.75 Å². The van der Waals surface area contributed by atoms with Crippen LogP contribution in [0.2, 0.25) is 0 Å². The van der Waals surface area contributed by atoms with Gasteiger partial charge in [0.2, 0.25) is 0 Å². The van der Waals surface area contributed by atoms with Crippen LogP contribution in [0, 0.1) is 13.8 Å². The van der Waals surface area contributed by atoms with Crippen LogP contribution in [0.3, 0.4) is 0 Å². The summed E-state index contributed by atoms with van der Waals surface area (Å²) in [4.78, 5) is 32.2. The SMILES string of the molecule is COc1c(C)cnc(CNC(=O)c2cnn3c2[nH]c(=O)c2ccccc23)c1C. The molecule has 4 rings (SSSR count). The maximum Gasteiger partial charge on any atom is 0.259 e. The number of nitrogens with one attached hydrogen (secondary N) is 2. The van der Waals surface area contributed by atoms with Gasteiger partial charge in [-0.1, -0.05) is 12.1 Å². The highest BCUT2D eigenvalue weighted by molar-refractivity contribution is 6.00. The summed E-state index contributed by atoms with van der Waals surface area (Å²) in [7, 11) is 1.61. The number of methoxy groups -OCH3 is 1. The van der Waals surface area contributed by atoms with Crippen molar-refractivity contribution in [1.82, 2.24) is 24.9 Å². The van der Waals surface area contributed by atoms with Crippen molar-refractivity contribution in [1.29, 1.82) is 0 Å². The molecule has 0 unspecified atom stereocenters. The van der Waals surface area contributed by atoms with Crippen LogP contribution in [0.25, 0.3) is 16.6 Å². The van der Waals surface area contributed by atoms with E-state index in [4.69, 9.17) is 4.74 Å². The summed E-state index contributed by atoms with van der Waals surface area (Å²) in [6.45, 7) is 4.05. The Balaban J connectivity index is 1.66. The molecule has 8 heteroatoms. The van der Waals surface area contributed by atoms with Crippen LogP contribution in [-0.2, 0) is 6.54 Å². The molecule has 0 radical (unpaired) electrons. The molecule has 0 aliphatic rings. The molecule has 1 aromatic carbocycles. The number of ether oxygens (including phenoxy) is 1. The molecule has 0 saturated carbocycles. The fraction of sp³-hybridized carbons (Fsp3) is 0.200. The van der Waals surface area contributed by atoms with E-state index < -0.39 is 0 Å². The highest BCUT2D eigenvalue weighted by atomic mass is 16.5. The molecule has 8 nitrogen and oxygen atoms in total. The zero-order valence-corrected chi connectivity index (χ0v) is 15.7. The molecule has 2 N–H and O–H groups in total. The van der Waals surface area contributed by atoms with Crippen LogP contribution in [0.1, 0.15) is 27.2 Å². The number of aryl methyl sites for hydroxylation is 1. The lowest BCUT2D eigenvalue weighted by Crippen LogP contribution is -2.24. The van der Waals surface area contributed by atoms with Gasteiger partial charge in [-0.15, -0.1) is 0 Å². The summed E-state index contributed by atoms with van der Waals surface area (Å²) in [5.41, 5.74) is 3.54. The van der Waals surface area contributed by atoms with Crippen molar-refractivity contribution in [2.24, 2.45) is 0 Å². The maximum atomic E-state index is 12.7. The zero-order chi connectivity index (χ0) is 19.8. The lowest BCUT2D eigenvalue weighted by atomic mass is 10.1. The lowest BCUT2D eigenvalue weighted by Gasteiger charge is -2.12. The molecule has 28 heavy (non-hydrogen) atoms. The number of carbonyl (C=O) groups excluding carboxylic acids is 1. The molecular formula is C20H19N5O3. The first-order valence-electron chi connectivity index (χ1n) is 8.77. The Morgan fingerprint density at radius 2 is 2.04 bits per heavy atom. The minimum Gasteiger partial charge on any atom is -0.496 e. The number of fused-ring (bicyclic) bond motifs is 3. The molecule has 3 heterocycles. The summed E-state index contributed by atoms with van der Waals surface area (Å²) >= 11 is 0. The summed E-state index contributed by atoms with van der Waals surface area (Å²) in [5, 5.41) is 7.62. The van der Waals surface area contributed by atoms with E-state index in [1.165, 1.54) is 6.20 Å². The van der Waals surface area contributed by atoms with Gasteiger partial charge < -0.3 is 15.0 Å². The highest BCUT2D eigenvalue weighted by Gasteiger charge is 2.17. The number of nitrogens with zero attached hydrogens (tertiary/aromatic N) is 3. The van der Waals surface area contributed by atoms with E-state index in [-0.39, 0.29) is 18.0 Å². The summed E-state index contributed by atoms with van der Waals surface area (Å²) in [6.07, 6.45) is 3.16.